The first kappa shape index (κ1) is 13.4. The van der Waals surface area contributed by atoms with E-state index in [4.69, 9.17) is 11.6 Å². The number of carboxylic acid groups (broad SMARTS) is 1. The van der Waals surface area contributed by atoms with Gasteiger partial charge in [-0.1, -0.05) is 49.1 Å². The van der Waals surface area contributed by atoms with Gasteiger partial charge in [-0.2, -0.15) is 0 Å². The molecule has 2 nitrogen and oxygen atoms in total. The molecule has 1 fully saturated rings. The summed E-state index contributed by atoms with van der Waals surface area (Å²) in [6.45, 7) is 0. The van der Waals surface area contributed by atoms with Gasteiger partial charge in [0.25, 0.3) is 0 Å². The molecule has 1 N–H and O–H groups in total. The van der Waals surface area contributed by atoms with Crippen molar-refractivity contribution in [3.63, 3.8) is 0 Å². The van der Waals surface area contributed by atoms with Crippen molar-refractivity contribution in [2.24, 2.45) is 11.8 Å². The Balaban J connectivity index is 2.14. The molecular weight excluding hydrogens is 248 g/mol. The van der Waals surface area contributed by atoms with Crippen LogP contribution in [0.25, 0.3) is 0 Å². The Labute approximate surface area is 113 Å². The number of hydrogen-bond donors (Lipinski definition) is 1. The zero-order valence-electron chi connectivity index (χ0n) is 10.4. The van der Waals surface area contributed by atoms with E-state index in [0.29, 0.717) is 0 Å². The first-order chi connectivity index (χ1) is 8.68. The van der Waals surface area contributed by atoms with Crippen LogP contribution in [0, 0.1) is 11.8 Å². The molecule has 0 aliphatic heterocycles. The van der Waals surface area contributed by atoms with E-state index in [1.807, 2.05) is 24.3 Å². The lowest BCUT2D eigenvalue weighted by Gasteiger charge is -2.22. The van der Waals surface area contributed by atoms with Gasteiger partial charge in [0.15, 0.2) is 0 Å². The van der Waals surface area contributed by atoms with Crippen molar-refractivity contribution in [2.75, 3.05) is 0 Å². The number of hydrogen-bond acceptors (Lipinski definition) is 1. The molecule has 1 aromatic rings. The average molecular weight is 267 g/mol. The molecule has 1 aliphatic rings. The van der Waals surface area contributed by atoms with Gasteiger partial charge in [0.05, 0.1) is 5.92 Å². The van der Waals surface area contributed by atoms with Gasteiger partial charge in [-0.25, -0.2) is 0 Å². The summed E-state index contributed by atoms with van der Waals surface area (Å²) in [6, 6.07) is 7.76. The van der Waals surface area contributed by atoms with E-state index in [1.54, 1.807) is 0 Å². The minimum atomic E-state index is -0.644. The van der Waals surface area contributed by atoms with E-state index in [0.717, 1.165) is 49.1 Å². The summed E-state index contributed by atoms with van der Waals surface area (Å²) in [5, 5.41) is 10.1. The fraction of sp³-hybridized carbons (Fsp3) is 0.533. The summed E-state index contributed by atoms with van der Waals surface area (Å²) in [5.41, 5.74) is 1.08. The van der Waals surface area contributed by atoms with Crippen molar-refractivity contribution in [1.29, 1.82) is 0 Å². The van der Waals surface area contributed by atoms with Crippen LogP contribution in [-0.2, 0) is 11.2 Å². The van der Waals surface area contributed by atoms with Gasteiger partial charge < -0.3 is 5.11 Å². The molecule has 18 heavy (non-hydrogen) atoms. The van der Waals surface area contributed by atoms with Crippen LogP contribution in [0.3, 0.4) is 0 Å². The Bertz CT molecular complexity index is 417. The molecule has 0 bridgehead atoms. The average Bonchev–Trinajstić information content (AvgIpc) is 2.57. The molecule has 0 saturated heterocycles. The van der Waals surface area contributed by atoms with E-state index in [2.05, 4.69) is 0 Å². The maximum absolute atomic E-state index is 11.4. The van der Waals surface area contributed by atoms with Crippen molar-refractivity contribution in [2.45, 2.75) is 38.5 Å². The third-order valence-electron chi connectivity index (χ3n) is 3.92. The summed E-state index contributed by atoms with van der Waals surface area (Å²) in [5.74, 6) is -0.623. The normalized spacial score (nSPS) is 24.5. The third-order valence-corrected chi connectivity index (χ3v) is 4.28. The Morgan fingerprint density at radius 3 is 2.67 bits per heavy atom. The number of halogens is 1. The molecule has 0 amide bonds. The van der Waals surface area contributed by atoms with Crippen LogP contribution in [0.5, 0.6) is 0 Å². The molecule has 2 unspecified atom stereocenters. The van der Waals surface area contributed by atoms with Crippen molar-refractivity contribution in [1.82, 2.24) is 0 Å². The summed E-state index contributed by atoms with van der Waals surface area (Å²) < 4.78 is 0. The van der Waals surface area contributed by atoms with E-state index in [9.17, 15) is 9.90 Å². The van der Waals surface area contributed by atoms with Crippen LogP contribution < -0.4 is 0 Å². The standard InChI is InChI=1S/C15H19ClO2/c16-14-9-5-4-7-12(14)10-11-6-2-1-3-8-13(11)15(17)18/h4-5,7,9,11,13H,1-3,6,8,10H2,(H,17,18). The SMILES string of the molecule is O=C(O)C1CCCCCC1Cc1ccccc1Cl. The van der Waals surface area contributed by atoms with Crippen molar-refractivity contribution < 1.29 is 9.90 Å². The molecular formula is C15H19ClO2. The van der Waals surface area contributed by atoms with Gasteiger partial charge in [0.2, 0.25) is 0 Å². The zero-order chi connectivity index (χ0) is 13.0. The van der Waals surface area contributed by atoms with Crippen LogP contribution in [-0.4, -0.2) is 11.1 Å². The molecule has 2 rings (SSSR count). The quantitative estimate of drug-likeness (QED) is 0.834. The zero-order valence-corrected chi connectivity index (χ0v) is 11.2. The maximum atomic E-state index is 11.4. The lowest BCUT2D eigenvalue weighted by Crippen LogP contribution is -2.24. The summed E-state index contributed by atoms with van der Waals surface area (Å²) in [7, 11) is 0. The first-order valence-corrected chi connectivity index (χ1v) is 7.02. The smallest absolute Gasteiger partial charge is 0.306 e. The second-order valence-electron chi connectivity index (χ2n) is 5.14. The van der Waals surface area contributed by atoms with Crippen molar-refractivity contribution in [3.8, 4) is 0 Å². The van der Waals surface area contributed by atoms with Gasteiger partial charge in [0.1, 0.15) is 0 Å². The number of carbonyl (C=O) groups is 1. The number of aliphatic carboxylic acids is 1. The number of rotatable bonds is 3. The van der Waals surface area contributed by atoms with Gasteiger partial charge in [-0.3, -0.25) is 4.79 Å². The highest BCUT2D eigenvalue weighted by Gasteiger charge is 2.29. The molecule has 0 aromatic heterocycles. The second-order valence-corrected chi connectivity index (χ2v) is 5.55. The fourth-order valence-corrected chi connectivity index (χ4v) is 3.11. The van der Waals surface area contributed by atoms with Crippen LogP contribution in [0.1, 0.15) is 37.7 Å². The lowest BCUT2D eigenvalue weighted by atomic mass is 9.83. The molecule has 3 heteroatoms. The predicted octanol–water partition coefficient (Wildman–Crippen LogP) is 4.16. The van der Waals surface area contributed by atoms with Gasteiger partial charge in [-0.05, 0) is 36.8 Å². The highest BCUT2D eigenvalue weighted by Crippen LogP contribution is 2.33. The minimum Gasteiger partial charge on any atom is -0.481 e. The van der Waals surface area contributed by atoms with Crippen LogP contribution in [0.2, 0.25) is 5.02 Å². The molecule has 0 radical (unpaired) electrons. The van der Waals surface area contributed by atoms with Crippen LogP contribution >= 0.6 is 11.6 Å². The Morgan fingerprint density at radius 1 is 1.22 bits per heavy atom. The van der Waals surface area contributed by atoms with E-state index >= 15 is 0 Å². The fourth-order valence-electron chi connectivity index (χ4n) is 2.90. The molecule has 0 spiro atoms. The van der Waals surface area contributed by atoms with E-state index < -0.39 is 5.97 Å². The Hall–Kier alpha value is -1.02. The lowest BCUT2D eigenvalue weighted by molar-refractivity contribution is -0.143. The molecule has 1 aromatic carbocycles. The monoisotopic (exact) mass is 266 g/mol. The largest absolute Gasteiger partial charge is 0.481 e. The van der Waals surface area contributed by atoms with Crippen LogP contribution in [0.4, 0.5) is 0 Å². The molecule has 2 atom stereocenters. The van der Waals surface area contributed by atoms with Gasteiger partial charge in [0, 0.05) is 5.02 Å². The van der Waals surface area contributed by atoms with Crippen LogP contribution in [0.15, 0.2) is 24.3 Å². The van der Waals surface area contributed by atoms with E-state index in [-0.39, 0.29) is 11.8 Å². The van der Waals surface area contributed by atoms with Crippen molar-refractivity contribution in [3.05, 3.63) is 34.9 Å². The Morgan fingerprint density at radius 2 is 1.94 bits per heavy atom. The summed E-state index contributed by atoms with van der Waals surface area (Å²) in [6.07, 6.45) is 5.93. The number of benzene rings is 1. The molecule has 1 saturated carbocycles. The van der Waals surface area contributed by atoms with Gasteiger partial charge in [-0.15, -0.1) is 0 Å². The first-order valence-electron chi connectivity index (χ1n) is 6.64. The highest BCUT2D eigenvalue weighted by molar-refractivity contribution is 6.31. The highest BCUT2D eigenvalue weighted by atomic mass is 35.5. The molecule has 98 valence electrons. The predicted molar refractivity (Wildman–Crippen MR) is 72.9 cm³/mol. The van der Waals surface area contributed by atoms with Crippen molar-refractivity contribution >= 4 is 17.6 Å². The molecule has 0 heterocycles. The Kier molecular flexibility index (Phi) is 4.65. The summed E-state index contributed by atoms with van der Waals surface area (Å²) in [4.78, 5) is 11.4. The topological polar surface area (TPSA) is 37.3 Å². The third kappa shape index (κ3) is 3.26. The summed E-state index contributed by atoms with van der Waals surface area (Å²) >= 11 is 6.16. The molecule has 1 aliphatic carbocycles. The second kappa shape index (κ2) is 6.24. The minimum absolute atomic E-state index is 0.205. The van der Waals surface area contributed by atoms with Gasteiger partial charge >= 0.3 is 5.97 Å². The van der Waals surface area contributed by atoms with E-state index in [1.165, 1.54) is 0 Å². The maximum Gasteiger partial charge on any atom is 0.306 e. The number of carboxylic acids is 1.